The minimum absolute atomic E-state index is 0.0000698. The first-order valence-corrected chi connectivity index (χ1v) is 10.6. The van der Waals surface area contributed by atoms with Crippen molar-refractivity contribution in [2.45, 2.75) is 31.7 Å². The number of aliphatic hydroxyl groups excluding tert-OH is 2. The largest absolute Gasteiger partial charge is 0.507 e. The van der Waals surface area contributed by atoms with Crippen LogP contribution in [-0.4, -0.2) is 71.7 Å². The van der Waals surface area contributed by atoms with Crippen LogP contribution in [0.15, 0.2) is 43.0 Å². The lowest BCUT2D eigenvalue weighted by molar-refractivity contribution is -0.127. The molecule has 0 aliphatic carbocycles. The fourth-order valence-electron chi connectivity index (χ4n) is 3.68. The van der Waals surface area contributed by atoms with Gasteiger partial charge < -0.3 is 29.7 Å². The number of hydrogen-bond donors (Lipinski definition) is 3. The summed E-state index contributed by atoms with van der Waals surface area (Å²) in [5.41, 5.74) is 1.12. The molecule has 2 heterocycles. The van der Waals surface area contributed by atoms with Crippen LogP contribution in [0.2, 0.25) is 0 Å². The molecule has 2 aliphatic heterocycles. The number of cyclic esters (lactones) is 1. The van der Waals surface area contributed by atoms with E-state index in [9.17, 15) is 24.9 Å². The molecule has 4 atom stereocenters. The van der Waals surface area contributed by atoms with Gasteiger partial charge in [-0.05, 0) is 31.1 Å². The topological polar surface area (TPSA) is 117 Å². The molecule has 8 heteroatoms. The maximum absolute atomic E-state index is 13.0. The summed E-state index contributed by atoms with van der Waals surface area (Å²) in [4.78, 5) is 27.2. The molecule has 32 heavy (non-hydrogen) atoms. The van der Waals surface area contributed by atoms with Crippen molar-refractivity contribution in [2.75, 3.05) is 31.2 Å². The number of rotatable bonds is 2. The van der Waals surface area contributed by atoms with Gasteiger partial charge in [-0.2, -0.15) is 0 Å². The van der Waals surface area contributed by atoms with Gasteiger partial charge in [0, 0.05) is 30.8 Å². The van der Waals surface area contributed by atoms with Gasteiger partial charge in [0.1, 0.15) is 23.5 Å². The van der Waals surface area contributed by atoms with E-state index < -0.39 is 36.0 Å². The lowest BCUT2D eigenvalue weighted by atomic mass is 9.98. The SMILES string of the molecule is C=C[C@@H]1/C=C\C(=O)[C@@H](O)[C@@H](O)C/C=C/c2cc(N3CCOCC3)cc(O)c2C(=O)O[C@H]1C. The van der Waals surface area contributed by atoms with Crippen molar-refractivity contribution in [3.63, 3.8) is 0 Å². The third kappa shape index (κ3) is 5.45. The molecule has 1 fully saturated rings. The number of carbonyl (C=O) groups excluding carboxylic acids is 2. The predicted molar refractivity (Wildman–Crippen MR) is 120 cm³/mol. The molecule has 8 nitrogen and oxygen atoms in total. The Labute approximate surface area is 187 Å². The second kappa shape index (κ2) is 10.6. The summed E-state index contributed by atoms with van der Waals surface area (Å²) in [5.74, 6) is -2.10. The number of aliphatic hydroxyl groups is 2. The van der Waals surface area contributed by atoms with Gasteiger partial charge in [-0.15, -0.1) is 6.58 Å². The first kappa shape index (κ1) is 23.7. The Morgan fingerprint density at radius 3 is 2.56 bits per heavy atom. The number of morpholine rings is 1. The number of aromatic hydroxyl groups is 1. The van der Waals surface area contributed by atoms with Crippen LogP contribution >= 0.6 is 0 Å². The lowest BCUT2D eigenvalue weighted by Crippen LogP contribution is -2.36. The van der Waals surface area contributed by atoms with Crippen molar-refractivity contribution in [3.8, 4) is 5.75 Å². The smallest absolute Gasteiger partial charge is 0.342 e. The van der Waals surface area contributed by atoms with Gasteiger partial charge >= 0.3 is 5.97 Å². The number of phenolic OH excluding ortho intramolecular Hbond substituents is 1. The molecule has 3 rings (SSSR count). The summed E-state index contributed by atoms with van der Waals surface area (Å²) >= 11 is 0. The number of ketones is 1. The highest BCUT2D eigenvalue weighted by Crippen LogP contribution is 2.32. The normalized spacial score (nSPS) is 29.4. The average molecular weight is 443 g/mol. The molecule has 1 aromatic carbocycles. The molecule has 172 valence electrons. The second-order valence-corrected chi connectivity index (χ2v) is 7.86. The van der Waals surface area contributed by atoms with Gasteiger partial charge in [0.25, 0.3) is 0 Å². The Bertz CT molecular complexity index is 917. The molecular weight excluding hydrogens is 414 g/mol. The molecule has 1 saturated heterocycles. The number of fused-ring (bicyclic) bond motifs is 1. The van der Waals surface area contributed by atoms with Gasteiger partial charge in [0.2, 0.25) is 0 Å². The Kier molecular flexibility index (Phi) is 7.84. The molecular formula is C24H29NO7. The Morgan fingerprint density at radius 2 is 1.88 bits per heavy atom. The number of benzene rings is 1. The van der Waals surface area contributed by atoms with Crippen molar-refractivity contribution >= 4 is 23.5 Å². The molecule has 1 aromatic rings. The Hall–Kier alpha value is -2.94. The third-order valence-corrected chi connectivity index (χ3v) is 5.63. The predicted octanol–water partition coefficient (Wildman–Crippen LogP) is 1.84. The first-order valence-electron chi connectivity index (χ1n) is 10.6. The van der Waals surface area contributed by atoms with Crippen LogP contribution in [0, 0.1) is 5.92 Å². The van der Waals surface area contributed by atoms with Gasteiger partial charge in [-0.3, -0.25) is 4.79 Å². The van der Waals surface area contributed by atoms with Crippen molar-refractivity contribution in [3.05, 3.63) is 54.1 Å². The molecule has 0 radical (unpaired) electrons. The summed E-state index contributed by atoms with van der Waals surface area (Å²) in [5, 5.41) is 31.1. The van der Waals surface area contributed by atoms with Gasteiger partial charge in [-0.1, -0.05) is 24.3 Å². The van der Waals surface area contributed by atoms with Crippen molar-refractivity contribution in [1.82, 2.24) is 0 Å². The van der Waals surface area contributed by atoms with E-state index in [-0.39, 0.29) is 17.7 Å². The summed E-state index contributed by atoms with van der Waals surface area (Å²) in [7, 11) is 0. The lowest BCUT2D eigenvalue weighted by Gasteiger charge is -2.29. The number of carbonyl (C=O) groups is 2. The van der Waals surface area contributed by atoms with Crippen molar-refractivity contribution in [2.24, 2.45) is 5.92 Å². The molecule has 0 amide bonds. The minimum Gasteiger partial charge on any atom is -0.507 e. The van der Waals surface area contributed by atoms with E-state index in [0.717, 1.165) is 11.8 Å². The average Bonchev–Trinajstić information content (AvgIpc) is 2.78. The number of nitrogens with zero attached hydrogens (tertiary/aromatic N) is 1. The summed E-state index contributed by atoms with van der Waals surface area (Å²) in [6.45, 7) is 7.75. The number of ether oxygens (including phenoxy) is 2. The summed E-state index contributed by atoms with van der Waals surface area (Å²) < 4.78 is 10.9. The molecule has 0 bridgehead atoms. The fraction of sp³-hybridized carbons (Fsp3) is 0.417. The zero-order valence-corrected chi connectivity index (χ0v) is 18.0. The Balaban J connectivity index is 2.03. The maximum atomic E-state index is 13.0. The van der Waals surface area contributed by atoms with Crippen molar-refractivity contribution in [1.29, 1.82) is 0 Å². The summed E-state index contributed by atoms with van der Waals surface area (Å²) in [6.07, 6.45) is 3.61. The van der Waals surface area contributed by atoms with Gasteiger partial charge in [-0.25, -0.2) is 4.79 Å². The van der Waals surface area contributed by atoms with E-state index in [2.05, 4.69) is 6.58 Å². The summed E-state index contributed by atoms with van der Waals surface area (Å²) in [6, 6.07) is 3.28. The number of hydrogen-bond acceptors (Lipinski definition) is 8. The van der Waals surface area contributed by atoms with E-state index in [1.54, 1.807) is 25.1 Å². The highest BCUT2D eigenvalue weighted by atomic mass is 16.5. The van der Waals surface area contributed by atoms with Gasteiger partial charge in [0.15, 0.2) is 5.78 Å². The zero-order valence-electron chi connectivity index (χ0n) is 18.0. The van der Waals surface area contributed by atoms with E-state index in [1.807, 2.05) is 4.90 Å². The highest BCUT2D eigenvalue weighted by Gasteiger charge is 2.26. The van der Waals surface area contributed by atoms with E-state index in [4.69, 9.17) is 9.47 Å². The highest BCUT2D eigenvalue weighted by molar-refractivity contribution is 5.98. The van der Waals surface area contributed by atoms with E-state index in [1.165, 1.54) is 18.2 Å². The Morgan fingerprint density at radius 1 is 1.16 bits per heavy atom. The van der Waals surface area contributed by atoms with Crippen LogP contribution in [-0.2, 0) is 14.3 Å². The molecule has 3 N–H and O–H groups in total. The molecule has 0 unspecified atom stereocenters. The van der Waals surface area contributed by atoms with Crippen LogP contribution in [0.1, 0.15) is 29.3 Å². The standard InChI is InChI=1S/C24H29NO7/c1-3-16-7-8-20(27)23(29)19(26)6-4-5-17-13-18(25-9-11-31-12-10-25)14-21(28)22(17)24(30)32-15(16)2/h3-5,7-8,13-16,19,23,26,28-29H,1,6,9-12H2,2H3/b5-4+,8-7-/t15-,16+,19-,23-/m0/s1. The minimum atomic E-state index is -1.59. The van der Waals surface area contributed by atoms with Crippen LogP contribution in [0.4, 0.5) is 5.69 Å². The fourth-order valence-corrected chi connectivity index (χ4v) is 3.68. The third-order valence-electron chi connectivity index (χ3n) is 5.63. The molecule has 0 aromatic heterocycles. The van der Waals surface area contributed by atoms with Crippen LogP contribution in [0.25, 0.3) is 6.08 Å². The number of esters is 1. The molecule has 0 saturated carbocycles. The van der Waals surface area contributed by atoms with Gasteiger partial charge in [0.05, 0.1) is 19.3 Å². The monoisotopic (exact) mass is 443 g/mol. The second-order valence-electron chi connectivity index (χ2n) is 7.86. The maximum Gasteiger partial charge on any atom is 0.342 e. The van der Waals surface area contributed by atoms with Crippen LogP contribution in [0.3, 0.4) is 0 Å². The first-order chi connectivity index (χ1) is 15.3. The quantitative estimate of drug-likeness (QED) is 0.468. The molecule has 2 aliphatic rings. The van der Waals surface area contributed by atoms with E-state index in [0.29, 0.717) is 31.9 Å². The van der Waals surface area contributed by atoms with Crippen LogP contribution in [0.5, 0.6) is 5.75 Å². The van der Waals surface area contributed by atoms with E-state index >= 15 is 0 Å². The zero-order chi connectivity index (χ0) is 23.3. The number of anilines is 1. The number of phenols is 1. The molecule has 0 spiro atoms. The van der Waals surface area contributed by atoms with Crippen molar-refractivity contribution < 1.29 is 34.4 Å². The van der Waals surface area contributed by atoms with Crippen LogP contribution < -0.4 is 4.90 Å².